The lowest BCUT2D eigenvalue weighted by molar-refractivity contribution is -0.144. The van der Waals surface area contributed by atoms with Gasteiger partial charge in [-0.2, -0.15) is 0 Å². The van der Waals surface area contributed by atoms with Gasteiger partial charge >= 0.3 is 23.9 Å². The molecule has 0 saturated carbocycles. The van der Waals surface area contributed by atoms with Crippen molar-refractivity contribution in [1.82, 2.24) is 20.4 Å². The van der Waals surface area contributed by atoms with Gasteiger partial charge in [0.1, 0.15) is 6.42 Å². The van der Waals surface area contributed by atoms with Crippen molar-refractivity contribution in [3.63, 3.8) is 0 Å². The molecule has 584 valence electrons. The number of nitrogens with one attached hydrogen (secondary N) is 2. The summed E-state index contributed by atoms with van der Waals surface area (Å²) >= 11 is 0. The number of unbranched alkanes of at least 4 members (excludes halogenated alkanes) is 36. The third kappa shape index (κ3) is 71.5. The van der Waals surface area contributed by atoms with Crippen LogP contribution in [0.5, 0.6) is 0 Å². The van der Waals surface area contributed by atoms with Gasteiger partial charge in [-0.25, -0.2) is 0 Å². The number of esters is 4. The van der Waals surface area contributed by atoms with E-state index in [-0.39, 0.29) is 42.1 Å². The molecule has 2 amide bonds. The first-order valence-corrected chi connectivity index (χ1v) is 43.1. The van der Waals surface area contributed by atoms with Crippen molar-refractivity contribution in [2.24, 2.45) is 11.8 Å². The molecule has 0 aromatic carbocycles. The molecule has 0 fully saturated rings. The average Bonchev–Trinajstić information content (AvgIpc) is 3.76. The molecule has 0 unspecified atom stereocenters. The Hall–Kier alpha value is -3.26. The van der Waals surface area contributed by atoms with E-state index in [9.17, 15) is 28.8 Å². The summed E-state index contributed by atoms with van der Waals surface area (Å²) in [5.74, 6) is 0.619. The van der Waals surface area contributed by atoms with Crippen LogP contribution in [0.2, 0.25) is 0 Å². The maximum atomic E-state index is 13.2. The van der Waals surface area contributed by atoms with Gasteiger partial charge in [0.25, 0.3) is 0 Å². The van der Waals surface area contributed by atoms with Crippen LogP contribution in [-0.2, 0) is 47.7 Å². The van der Waals surface area contributed by atoms with E-state index in [0.717, 1.165) is 192 Å². The summed E-state index contributed by atoms with van der Waals surface area (Å²) in [4.78, 5) is 81.5. The Balaban J connectivity index is 5.19. The smallest absolute Gasteiger partial charge is 0.305 e. The Bertz CT molecular complexity index is 1640. The molecule has 14 nitrogen and oxygen atoms in total. The Morgan fingerprint density at radius 2 is 0.455 bits per heavy atom. The van der Waals surface area contributed by atoms with Gasteiger partial charge in [-0.05, 0) is 128 Å². The average molecular weight is 1400 g/mol. The lowest BCUT2D eigenvalue weighted by atomic mass is 9.91. The first kappa shape index (κ1) is 95.7. The third-order valence-corrected chi connectivity index (χ3v) is 20.2. The summed E-state index contributed by atoms with van der Waals surface area (Å²) in [7, 11) is 0. The summed E-state index contributed by atoms with van der Waals surface area (Å²) in [6.07, 6.45) is 64.1. The first-order valence-electron chi connectivity index (χ1n) is 43.1. The van der Waals surface area contributed by atoms with Crippen LogP contribution >= 0.6 is 0 Å². The van der Waals surface area contributed by atoms with Gasteiger partial charge in [0.2, 0.25) is 11.8 Å². The zero-order valence-corrected chi connectivity index (χ0v) is 66.3. The van der Waals surface area contributed by atoms with Crippen LogP contribution in [0.4, 0.5) is 0 Å². The quantitative estimate of drug-likeness (QED) is 0.0256. The molecule has 0 radical (unpaired) electrons. The number of rotatable bonds is 80. The summed E-state index contributed by atoms with van der Waals surface area (Å²) < 4.78 is 22.5. The van der Waals surface area contributed by atoms with Gasteiger partial charge in [-0.15, -0.1) is 0 Å². The Morgan fingerprint density at radius 1 is 0.242 bits per heavy atom. The van der Waals surface area contributed by atoms with E-state index >= 15 is 0 Å². The van der Waals surface area contributed by atoms with Crippen molar-refractivity contribution in [3.8, 4) is 0 Å². The Kier molecular flexibility index (Phi) is 74.8. The van der Waals surface area contributed by atoms with E-state index < -0.39 is 0 Å². The van der Waals surface area contributed by atoms with Crippen molar-refractivity contribution in [1.29, 1.82) is 0 Å². The fourth-order valence-corrected chi connectivity index (χ4v) is 13.7. The fraction of sp³-hybridized carbons (Fsp3) is 0.929. The molecule has 2 N–H and O–H groups in total. The summed E-state index contributed by atoms with van der Waals surface area (Å²) in [5.41, 5.74) is 0. The van der Waals surface area contributed by atoms with E-state index in [1.807, 2.05) is 0 Å². The second-order valence-corrected chi connectivity index (χ2v) is 29.8. The molecule has 0 aromatic heterocycles. The highest BCUT2D eigenvalue weighted by molar-refractivity contribution is 5.96. The lowest BCUT2D eigenvalue weighted by Gasteiger charge is -2.23. The van der Waals surface area contributed by atoms with E-state index in [1.54, 1.807) is 0 Å². The minimum Gasteiger partial charge on any atom is -0.466 e. The minimum absolute atomic E-state index is 0.0668. The third-order valence-electron chi connectivity index (χ3n) is 20.2. The number of hydrogen-bond donors (Lipinski definition) is 2. The number of hydrogen-bond acceptors (Lipinski definition) is 12. The molecule has 0 aliphatic heterocycles. The number of carbonyl (C=O) groups excluding carboxylic acids is 6. The molecule has 0 aliphatic rings. The highest BCUT2D eigenvalue weighted by atomic mass is 16.5. The van der Waals surface area contributed by atoms with Crippen LogP contribution in [0.3, 0.4) is 0 Å². The molecule has 0 bridgehead atoms. The molecule has 0 spiro atoms. The minimum atomic E-state index is -0.280. The molecule has 0 atom stereocenters. The van der Waals surface area contributed by atoms with Gasteiger partial charge in [-0.3, -0.25) is 28.8 Å². The van der Waals surface area contributed by atoms with Crippen molar-refractivity contribution < 1.29 is 47.7 Å². The standard InChI is InChI=1S/C85H164N4O10/c1-7-13-19-21-23-25-27-35-51-73-96-82(92)63-45-37-49-69-88(67-47-33-29-31-43-61-84(94)98-75-53-59-78(55-39-15-9-3)56-40-16-10-4)71-65-86-80(90)77-81(91)87-66-72-89(70-50-38-46-64-83(93)97-74-52-36-28-26-24-22-20-14-8-2)68-48-34-30-32-44-62-85(95)99-76-54-60-79(57-41-17-11-5)58-42-18-12-6/h78-79H,7-77H2,1-6H3,(H,86,90)(H,87,91). The van der Waals surface area contributed by atoms with E-state index in [2.05, 4.69) is 62.0 Å². The van der Waals surface area contributed by atoms with E-state index in [1.165, 1.54) is 193 Å². The van der Waals surface area contributed by atoms with Crippen molar-refractivity contribution in [2.75, 3.05) is 78.8 Å². The molecular formula is C85H164N4O10. The largest absolute Gasteiger partial charge is 0.466 e. The molecular weight excluding hydrogens is 1240 g/mol. The lowest BCUT2D eigenvalue weighted by Crippen LogP contribution is -2.40. The second-order valence-electron chi connectivity index (χ2n) is 29.8. The first-order chi connectivity index (χ1) is 48.5. The van der Waals surface area contributed by atoms with Crippen LogP contribution in [0.15, 0.2) is 0 Å². The molecule has 0 rings (SSSR count). The molecule has 0 heterocycles. The molecule has 14 heteroatoms. The highest BCUT2D eigenvalue weighted by Gasteiger charge is 2.16. The van der Waals surface area contributed by atoms with Gasteiger partial charge in [0, 0.05) is 51.9 Å². The Labute approximate surface area is 611 Å². The van der Waals surface area contributed by atoms with Crippen LogP contribution < -0.4 is 10.6 Å². The van der Waals surface area contributed by atoms with Crippen LogP contribution in [-0.4, -0.2) is 124 Å². The van der Waals surface area contributed by atoms with Crippen LogP contribution in [0.25, 0.3) is 0 Å². The summed E-state index contributed by atoms with van der Waals surface area (Å²) in [6.45, 7) is 21.5. The number of carbonyl (C=O) groups is 6. The van der Waals surface area contributed by atoms with Crippen LogP contribution in [0.1, 0.15) is 420 Å². The number of ether oxygens (including phenoxy) is 4. The zero-order chi connectivity index (χ0) is 72.2. The molecule has 99 heavy (non-hydrogen) atoms. The molecule has 0 aromatic rings. The van der Waals surface area contributed by atoms with Crippen molar-refractivity contribution >= 4 is 35.7 Å². The highest BCUT2D eigenvalue weighted by Crippen LogP contribution is 2.25. The van der Waals surface area contributed by atoms with E-state index in [4.69, 9.17) is 18.9 Å². The van der Waals surface area contributed by atoms with Crippen molar-refractivity contribution in [3.05, 3.63) is 0 Å². The molecule has 0 saturated heterocycles. The summed E-state index contributed by atoms with van der Waals surface area (Å²) in [5, 5.41) is 6.04. The number of amides is 2. The summed E-state index contributed by atoms with van der Waals surface area (Å²) in [6, 6.07) is 0. The monoisotopic (exact) mass is 1400 g/mol. The Morgan fingerprint density at radius 3 is 0.737 bits per heavy atom. The normalized spacial score (nSPS) is 11.6. The topological polar surface area (TPSA) is 170 Å². The second kappa shape index (κ2) is 77.4. The van der Waals surface area contributed by atoms with Crippen LogP contribution in [0, 0.1) is 11.8 Å². The molecule has 0 aliphatic carbocycles. The van der Waals surface area contributed by atoms with E-state index in [0.29, 0.717) is 78.3 Å². The van der Waals surface area contributed by atoms with Gasteiger partial charge < -0.3 is 39.4 Å². The number of nitrogens with zero attached hydrogens (tertiary/aromatic N) is 2. The zero-order valence-electron chi connectivity index (χ0n) is 66.3. The predicted octanol–water partition coefficient (Wildman–Crippen LogP) is 22.4. The predicted molar refractivity (Wildman–Crippen MR) is 416 cm³/mol. The van der Waals surface area contributed by atoms with Gasteiger partial charge in [0.15, 0.2) is 0 Å². The maximum absolute atomic E-state index is 13.2. The maximum Gasteiger partial charge on any atom is 0.305 e. The van der Waals surface area contributed by atoms with Crippen molar-refractivity contribution in [2.45, 2.75) is 420 Å². The SMILES string of the molecule is CCCCCCCCCCCOC(=O)CCCCCN(CCCCCCCC(=O)OCCCC(CCCCC)CCCCC)CCNC(=O)CC(=O)NCCN(CCCCCCCC(=O)OCCCC(CCCCC)CCCCC)CCCCCC(=O)OCCCCCCCCCCC. The fourth-order valence-electron chi connectivity index (χ4n) is 13.7. The van der Waals surface area contributed by atoms with Gasteiger partial charge in [-0.1, -0.05) is 298 Å². The van der Waals surface area contributed by atoms with Gasteiger partial charge in [0.05, 0.1) is 26.4 Å².